The summed E-state index contributed by atoms with van der Waals surface area (Å²) in [6, 6.07) is 3.65. The molecule has 6 nitrogen and oxygen atoms in total. The molecule has 0 radical (unpaired) electrons. The monoisotopic (exact) mass is 277 g/mol. The van der Waals surface area contributed by atoms with Crippen LogP contribution in [0.2, 0.25) is 0 Å². The lowest BCUT2D eigenvalue weighted by atomic mass is 10.1. The number of aliphatic hydroxyl groups excluding tert-OH is 1. The first-order valence-corrected chi connectivity index (χ1v) is 6.89. The maximum Gasteiger partial charge on any atom is 0.262 e. The smallest absolute Gasteiger partial charge is 0.262 e. The van der Waals surface area contributed by atoms with E-state index in [1.807, 2.05) is 6.07 Å². The molecule has 1 saturated heterocycles. The average molecular weight is 277 g/mol. The van der Waals surface area contributed by atoms with Crippen molar-refractivity contribution in [3.05, 3.63) is 12.1 Å². The number of nitrogens with zero attached hydrogens (tertiary/aromatic N) is 1. The number of carbonyl (C=O) groups excluding carboxylic acids is 1. The van der Waals surface area contributed by atoms with Gasteiger partial charge in [0.25, 0.3) is 5.91 Å². The molecule has 0 spiro atoms. The Hall–Kier alpha value is -1.95. The summed E-state index contributed by atoms with van der Waals surface area (Å²) in [6.45, 7) is 2.07. The maximum atomic E-state index is 11.4. The number of fused-ring (bicyclic) bond motifs is 1. The Bertz CT molecular complexity index is 533. The van der Waals surface area contributed by atoms with E-state index in [1.54, 1.807) is 6.07 Å². The van der Waals surface area contributed by atoms with Crippen molar-refractivity contribution < 1.29 is 14.6 Å². The van der Waals surface area contributed by atoms with Gasteiger partial charge in [-0.25, -0.2) is 0 Å². The van der Waals surface area contributed by atoms with Gasteiger partial charge in [0.05, 0.1) is 17.1 Å². The number of rotatable bonds is 3. The van der Waals surface area contributed by atoms with Gasteiger partial charge >= 0.3 is 0 Å². The van der Waals surface area contributed by atoms with Gasteiger partial charge in [-0.1, -0.05) is 0 Å². The molecular weight excluding hydrogens is 258 g/mol. The van der Waals surface area contributed by atoms with Crippen LogP contribution in [0, 0.1) is 5.92 Å². The van der Waals surface area contributed by atoms with E-state index < -0.39 is 0 Å². The van der Waals surface area contributed by atoms with E-state index in [-0.39, 0.29) is 19.1 Å². The molecule has 2 aliphatic heterocycles. The molecule has 1 atom stereocenters. The Morgan fingerprint density at radius 1 is 1.50 bits per heavy atom. The topological polar surface area (TPSA) is 87.8 Å². The number of benzene rings is 1. The maximum absolute atomic E-state index is 11.4. The van der Waals surface area contributed by atoms with Gasteiger partial charge in [0, 0.05) is 25.8 Å². The number of hydrogen-bond acceptors (Lipinski definition) is 5. The number of nitrogen functional groups attached to an aromatic ring is 1. The quantitative estimate of drug-likeness (QED) is 0.712. The zero-order chi connectivity index (χ0) is 14.1. The van der Waals surface area contributed by atoms with Crippen LogP contribution in [-0.4, -0.2) is 37.3 Å². The normalized spacial score (nSPS) is 21.4. The van der Waals surface area contributed by atoms with Crippen LogP contribution in [0.25, 0.3) is 0 Å². The molecule has 4 N–H and O–H groups in total. The van der Waals surface area contributed by atoms with Gasteiger partial charge < -0.3 is 25.8 Å². The highest BCUT2D eigenvalue weighted by molar-refractivity contribution is 5.97. The fraction of sp³-hybridized carbons (Fsp3) is 0.500. The van der Waals surface area contributed by atoms with E-state index in [0.29, 0.717) is 23.0 Å². The number of hydrogen-bond donors (Lipinski definition) is 3. The van der Waals surface area contributed by atoms with Crippen molar-refractivity contribution in [3.8, 4) is 5.75 Å². The van der Waals surface area contributed by atoms with E-state index in [2.05, 4.69) is 10.2 Å². The van der Waals surface area contributed by atoms with Gasteiger partial charge in [-0.15, -0.1) is 0 Å². The van der Waals surface area contributed by atoms with E-state index in [0.717, 1.165) is 31.6 Å². The zero-order valence-electron chi connectivity index (χ0n) is 11.3. The minimum Gasteiger partial charge on any atom is -0.482 e. The van der Waals surface area contributed by atoms with E-state index in [4.69, 9.17) is 15.6 Å². The molecule has 0 saturated carbocycles. The Kier molecular flexibility index (Phi) is 3.40. The van der Waals surface area contributed by atoms with E-state index in [1.165, 1.54) is 0 Å². The number of nitrogens with two attached hydrogens (primary N) is 1. The third-order valence-electron chi connectivity index (χ3n) is 3.93. The number of anilines is 3. The molecule has 2 heterocycles. The van der Waals surface area contributed by atoms with Crippen LogP contribution in [0.4, 0.5) is 17.1 Å². The SMILES string of the molecule is Nc1cc2c(cc1N1CCC(CCO)C1)NC(=O)CO2. The molecule has 1 fully saturated rings. The lowest BCUT2D eigenvalue weighted by Gasteiger charge is -2.25. The van der Waals surface area contributed by atoms with Gasteiger partial charge in [-0.3, -0.25) is 4.79 Å². The fourth-order valence-electron chi connectivity index (χ4n) is 2.87. The van der Waals surface area contributed by atoms with Crippen LogP contribution in [0.5, 0.6) is 5.75 Å². The molecule has 1 aromatic carbocycles. The minimum atomic E-state index is -0.146. The van der Waals surface area contributed by atoms with E-state index in [9.17, 15) is 4.79 Å². The Morgan fingerprint density at radius 2 is 2.35 bits per heavy atom. The summed E-state index contributed by atoms with van der Waals surface area (Å²) in [5, 5.41) is 11.8. The molecule has 1 unspecified atom stereocenters. The van der Waals surface area contributed by atoms with Crippen molar-refractivity contribution in [2.24, 2.45) is 5.92 Å². The fourth-order valence-corrected chi connectivity index (χ4v) is 2.87. The highest BCUT2D eigenvalue weighted by Gasteiger charge is 2.25. The zero-order valence-corrected chi connectivity index (χ0v) is 11.3. The highest BCUT2D eigenvalue weighted by Crippen LogP contribution is 2.38. The van der Waals surface area contributed by atoms with Crippen LogP contribution < -0.4 is 20.7 Å². The number of carbonyl (C=O) groups is 1. The second kappa shape index (κ2) is 5.20. The highest BCUT2D eigenvalue weighted by atomic mass is 16.5. The number of ether oxygens (including phenoxy) is 1. The second-order valence-corrected chi connectivity index (χ2v) is 5.36. The molecule has 0 aromatic heterocycles. The summed E-state index contributed by atoms with van der Waals surface area (Å²) < 4.78 is 5.35. The van der Waals surface area contributed by atoms with Crippen LogP contribution >= 0.6 is 0 Å². The number of nitrogens with one attached hydrogen (secondary N) is 1. The lowest BCUT2D eigenvalue weighted by molar-refractivity contribution is -0.118. The molecular formula is C14H19N3O3. The van der Waals surface area contributed by atoms with Gasteiger partial charge in [0.15, 0.2) is 6.61 Å². The van der Waals surface area contributed by atoms with E-state index >= 15 is 0 Å². The van der Waals surface area contributed by atoms with Crippen molar-refractivity contribution in [1.82, 2.24) is 0 Å². The summed E-state index contributed by atoms with van der Waals surface area (Å²) in [7, 11) is 0. The molecule has 0 aliphatic carbocycles. The molecule has 6 heteroatoms. The third kappa shape index (κ3) is 2.38. The summed E-state index contributed by atoms with van der Waals surface area (Å²) in [5.74, 6) is 0.978. The standard InChI is InChI=1S/C14H19N3O3/c15-10-5-13-11(16-14(19)8-20-13)6-12(10)17-3-1-9(7-17)2-4-18/h5-6,9,18H,1-4,7-8,15H2,(H,16,19). The Balaban J connectivity index is 1.83. The molecule has 0 bridgehead atoms. The molecule has 1 aromatic rings. The van der Waals surface area contributed by atoms with Gasteiger partial charge in [0.1, 0.15) is 5.75 Å². The van der Waals surface area contributed by atoms with Crippen LogP contribution in [0.1, 0.15) is 12.8 Å². The van der Waals surface area contributed by atoms with Gasteiger partial charge in [-0.2, -0.15) is 0 Å². The van der Waals surface area contributed by atoms with Gasteiger partial charge in [-0.05, 0) is 24.8 Å². The number of aliphatic hydroxyl groups is 1. The summed E-state index contributed by atoms with van der Waals surface area (Å²) >= 11 is 0. The summed E-state index contributed by atoms with van der Waals surface area (Å²) in [5.41, 5.74) is 8.35. The lowest BCUT2D eigenvalue weighted by Crippen LogP contribution is -2.27. The third-order valence-corrected chi connectivity index (χ3v) is 3.93. The largest absolute Gasteiger partial charge is 0.482 e. The predicted octanol–water partition coefficient (Wildman–Crippen LogP) is 0.808. The van der Waals surface area contributed by atoms with Crippen molar-refractivity contribution in [2.45, 2.75) is 12.8 Å². The van der Waals surface area contributed by atoms with Crippen LogP contribution in [0.15, 0.2) is 12.1 Å². The first-order chi connectivity index (χ1) is 9.67. The van der Waals surface area contributed by atoms with Crippen molar-refractivity contribution in [2.75, 3.05) is 42.3 Å². The molecule has 2 aliphatic rings. The minimum absolute atomic E-state index is 0.0358. The average Bonchev–Trinajstić information content (AvgIpc) is 2.87. The van der Waals surface area contributed by atoms with Gasteiger partial charge in [0.2, 0.25) is 0 Å². The molecule has 20 heavy (non-hydrogen) atoms. The molecule has 1 amide bonds. The number of amides is 1. The van der Waals surface area contributed by atoms with Crippen molar-refractivity contribution in [1.29, 1.82) is 0 Å². The predicted molar refractivity (Wildman–Crippen MR) is 77.0 cm³/mol. The molecule has 3 rings (SSSR count). The Labute approximate surface area is 117 Å². The summed E-state index contributed by atoms with van der Waals surface area (Å²) in [6.07, 6.45) is 1.88. The van der Waals surface area contributed by atoms with Crippen molar-refractivity contribution in [3.63, 3.8) is 0 Å². The first-order valence-electron chi connectivity index (χ1n) is 6.89. The van der Waals surface area contributed by atoms with Crippen LogP contribution in [0.3, 0.4) is 0 Å². The summed E-state index contributed by atoms with van der Waals surface area (Å²) in [4.78, 5) is 13.6. The molecule has 108 valence electrons. The first kappa shape index (κ1) is 13.1. The second-order valence-electron chi connectivity index (χ2n) is 5.36. The Morgan fingerprint density at radius 3 is 3.15 bits per heavy atom. The van der Waals surface area contributed by atoms with Crippen molar-refractivity contribution >= 4 is 23.0 Å². The van der Waals surface area contributed by atoms with Crippen LogP contribution in [-0.2, 0) is 4.79 Å².